The first-order valence-corrected chi connectivity index (χ1v) is 5.59. The van der Waals surface area contributed by atoms with Gasteiger partial charge in [0.2, 0.25) is 0 Å². The minimum Gasteiger partial charge on any atom is -0.205 e. The van der Waals surface area contributed by atoms with E-state index < -0.39 is 6.43 Å². The van der Waals surface area contributed by atoms with Crippen molar-refractivity contribution in [2.24, 2.45) is 0 Å². The second-order valence-corrected chi connectivity index (χ2v) is 3.70. The molecule has 0 radical (unpaired) electrons. The molecular weight excluding hydrogens is 194 g/mol. The highest BCUT2D eigenvalue weighted by Crippen LogP contribution is 2.34. The minimum atomic E-state index is -2.33. The number of alkyl halides is 2. The van der Waals surface area contributed by atoms with Gasteiger partial charge in [-0.2, -0.15) is 0 Å². The average molecular weight is 212 g/mol. The molecule has 0 spiro atoms. The Kier molecular flexibility index (Phi) is 4.25. The molecule has 0 saturated heterocycles. The van der Waals surface area contributed by atoms with E-state index >= 15 is 0 Å². The van der Waals surface area contributed by atoms with Crippen LogP contribution in [0.1, 0.15) is 56.2 Å². The van der Waals surface area contributed by atoms with E-state index in [0.717, 1.165) is 18.4 Å². The number of fused-ring (bicyclic) bond motifs is 1. The monoisotopic (exact) mass is 212 g/mol. The number of hydrogen-bond donors (Lipinski definition) is 0. The molecule has 1 aliphatic rings. The molecule has 0 fully saturated rings. The molecule has 1 atom stereocenters. The Balaban J connectivity index is 0.000000531. The molecule has 0 bridgehead atoms. The average Bonchev–Trinajstić information content (AvgIpc) is 2.63. The van der Waals surface area contributed by atoms with Crippen molar-refractivity contribution < 1.29 is 8.78 Å². The Hall–Kier alpha value is -0.920. The molecule has 1 unspecified atom stereocenters. The van der Waals surface area contributed by atoms with E-state index in [1.165, 1.54) is 5.56 Å². The van der Waals surface area contributed by atoms with E-state index in [9.17, 15) is 8.78 Å². The van der Waals surface area contributed by atoms with Crippen LogP contribution in [0.5, 0.6) is 0 Å². The van der Waals surface area contributed by atoms with Gasteiger partial charge in [-0.15, -0.1) is 0 Å². The lowest BCUT2D eigenvalue weighted by Crippen LogP contribution is -1.90. The summed E-state index contributed by atoms with van der Waals surface area (Å²) in [7, 11) is 0. The van der Waals surface area contributed by atoms with Crippen LogP contribution in [0.2, 0.25) is 0 Å². The van der Waals surface area contributed by atoms with Gasteiger partial charge >= 0.3 is 0 Å². The van der Waals surface area contributed by atoms with Gasteiger partial charge < -0.3 is 0 Å². The van der Waals surface area contributed by atoms with Crippen LogP contribution < -0.4 is 0 Å². The summed E-state index contributed by atoms with van der Waals surface area (Å²) in [4.78, 5) is 0. The fourth-order valence-corrected chi connectivity index (χ4v) is 1.99. The summed E-state index contributed by atoms with van der Waals surface area (Å²) in [5.74, 6) is 0.543. The third-order valence-corrected chi connectivity index (χ3v) is 2.80. The van der Waals surface area contributed by atoms with Gasteiger partial charge in [0, 0.05) is 5.56 Å². The molecule has 0 aliphatic heterocycles. The highest BCUT2D eigenvalue weighted by molar-refractivity contribution is 5.38. The van der Waals surface area contributed by atoms with Gasteiger partial charge in [-0.1, -0.05) is 32.9 Å². The predicted octanol–water partition coefficient (Wildman–Crippen LogP) is 4.70. The van der Waals surface area contributed by atoms with Crippen molar-refractivity contribution in [3.05, 3.63) is 34.9 Å². The summed E-state index contributed by atoms with van der Waals surface area (Å²) < 4.78 is 24.7. The first-order valence-electron chi connectivity index (χ1n) is 5.59. The molecule has 1 aromatic rings. The topological polar surface area (TPSA) is 0 Å². The van der Waals surface area contributed by atoms with Gasteiger partial charge in [0.25, 0.3) is 6.43 Å². The fourth-order valence-electron chi connectivity index (χ4n) is 1.99. The van der Waals surface area contributed by atoms with E-state index in [2.05, 4.69) is 6.92 Å². The fraction of sp³-hybridized carbons (Fsp3) is 0.538. The third kappa shape index (κ3) is 2.55. The lowest BCUT2D eigenvalue weighted by Gasteiger charge is -2.06. The Labute approximate surface area is 90.3 Å². The second kappa shape index (κ2) is 5.24. The number of aryl methyl sites for hydroxylation is 1. The minimum absolute atomic E-state index is 0.160. The van der Waals surface area contributed by atoms with Gasteiger partial charge in [-0.05, 0) is 36.0 Å². The number of hydrogen-bond acceptors (Lipinski definition) is 0. The smallest absolute Gasteiger partial charge is 0.205 e. The Morgan fingerprint density at radius 2 is 1.93 bits per heavy atom. The standard InChI is InChI=1S/C11H12F2.C2H6/c1-7-2-3-8-6-9(11(12)13)4-5-10(7)8;1-2/h4-7,11H,2-3H2,1H3;1-2H3. The molecule has 84 valence electrons. The molecule has 0 nitrogen and oxygen atoms in total. The summed E-state index contributed by atoms with van der Waals surface area (Å²) in [6, 6.07) is 5.06. The largest absolute Gasteiger partial charge is 0.263 e. The van der Waals surface area contributed by atoms with Crippen molar-refractivity contribution in [1.29, 1.82) is 0 Å². The Morgan fingerprint density at radius 1 is 1.27 bits per heavy atom. The Bertz CT molecular complexity index is 318. The lowest BCUT2D eigenvalue weighted by atomic mass is 10.0. The van der Waals surface area contributed by atoms with E-state index in [-0.39, 0.29) is 5.56 Å². The quantitative estimate of drug-likeness (QED) is 0.633. The summed E-state index contributed by atoms with van der Waals surface area (Å²) >= 11 is 0. The highest BCUT2D eigenvalue weighted by Gasteiger charge is 2.19. The third-order valence-electron chi connectivity index (χ3n) is 2.80. The number of benzene rings is 1. The van der Waals surface area contributed by atoms with Crippen LogP contribution in [0.25, 0.3) is 0 Å². The van der Waals surface area contributed by atoms with Crippen LogP contribution in [-0.4, -0.2) is 0 Å². The van der Waals surface area contributed by atoms with Crippen LogP contribution in [0.15, 0.2) is 18.2 Å². The highest BCUT2D eigenvalue weighted by atomic mass is 19.3. The zero-order valence-corrected chi connectivity index (χ0v) is 9.56. The molecule has 15 heavy (non-hydrogen) atoms. The normalized spacial score (nSPS) is 18.4. The van der Waals surface area contributed by atoms with E-state index in [1.807, 2.05) is 19.9 Å². The molecule has 1 aliphatic carbocycles. The lowest BCUT2D eigenvalue weighted by molar-refractivity contribution is 0.151. The summed E-state index contributed by atoms with van der Waals surface area (Å²) in [6.07, 6.45) is -0.278. The van der Waals surface area contributed by atoms with E-state index in [0.29, 0.717) is 5.92 Å². The molecule has 0 heterocycles. The van der Waals surface area contributed by atoms with Crippen molar-refractivity contribution >= 4 is 0 Å². The van der Waals surface area contributed by atoms with Crippen LogP contribution in [-0.2, 0) is 6.42 Å². The van der Waals surface area contributed by atoms with Gasteiger partial charge in [-0.25, -0.2) is 8.78 Å². The number of halogens is 2. The van der Waals surface area contributed by atoms with E-state index in [4.69, 9.17) is 0 Å². The number of rotatable bonds is 1. The van der Waals surface area contributed by atoms with Gasteiger partial charge in [0.15, 0.2) is 0 Å². The second-order valence-electron chi connectivity index (χ2n) is 3.70. The first-order chi connectivity index (χ1) is 7.18. The van der Waals surface area contributed by atoms with Gasteiger partial charge in [0.1, 0.15) is 0 Å². The summed E-state index contributed by atoms with van der Waals surface area (Å²) in [6.45, 7) is 6.15. The zero-order chi connectivity index (χ0) is 11.4. The van der Waals surface area contributed by atoms with Crippen molar-refractivity contribution in [3.8, 4) is 0 Å². The molecule has 0 N–H and O–H groups in total. The van der Waals surface area contributed by atoms with Crippen LogP contribution in [0.3, 0.4) is 0 Å². The predicted molar refractivity (Wildman–Crippen MR) is 59.5 cm³/mol. The maximum absolute atomic E-state index is 12.3. The first kappa shape index (κ1) is 12.2. The summed E-state index contributed by atoms with van der Waals surface area (Å²) in [5.41, 5.74) is 2.53. The van der Waals surface area contributed by atoms with Gasteiger partial charge in [0.05, 0.1) is 0 Å². The van der Waals surface area contributed by atoms with Crippen molar-refractivity contribution in [3.63, 3.8) is 0 Å². The van der Waals surface area contributed by atoms with Crippen molar-refractivity contribution in [2.45, 2.75) is 46.0 Å². The molecule has 1 aromatic carbocycles. The maximum atomic E-state index is 12.3. The maximum Gasteiger partial charge on any atom is 0.263 e. The van der Waals surface area contributed by atoms with Crippen molar-refractivity contribution in [2.75, 3.05) is 0 Å². The van der Waals surface area contributed by atoms with Crippen molar-refractivity contribution in [1.82, 2.24) is 0 Å². The van der Waals surface area contributed by atoms with Gasteiger partial charge in [-0.3, -0.25) is 0 Å². The molecule has 0 saturated carbocycles. The molecule has 0 amide bonds. The van der Waals surface area contributed by atoms with Crippen LogP contribution >= 0.6 is 0 Å². The Morgan fingerprint density at radius 3 is 2.53 bits per heavy atom. The zero-order valence-electron chi connectivity index (χ0n) is 9.56. The summed E-state index contributed by atoms with van der Waals surface area (Å²) in [5, 5.41) is 0. The van der Waals surface area contributed by atoms with Crippen LogP contribution in [0.4, 0.5) is 8.78 Å². The molecule has 0 aromatic heterocycles. The molecule has 2 rings (SSSR count). The van der Waals surface area contributed by atoms with Crippen LogP contribution in [0, 0.1) is 0 Å². The molecular formula is C13H18F2. The molecule has 2 heteroatoms. The van der Waals surface area contributed by atoms with E-state index in [1.54, 1.807) is 12.1 Å². The SMILES string of the molecule is CC.CC1CCc2cc(C(F)F)ccc21.